The highest BCUT2D eigenvalue weighted by Crippen LogP contribution is 2.38. The molecule has 1 atom stereocenters. The number of nitriles is 1. The SMILES string of the molecule is COC(=O)c1sc(N2CCOC(C)C2)c(C#N)c1N. The molecular weight excluding hydrogens is 266 g/mol. The Morgan fingerprint density at radius 3 is 3.00 bits per heavy atom. The number of ether oxygens (including phenoxy) is 2. The minimum absolute atomic E-state index is 0.0881. The molecule has 1 aliphatic rings. The first-order valence-electron chi connectivity index (χ1n) is 5.85. The Morgan fingerprint density at radius 2 is 2.42 bits per heavy atom. The van der Waals surface area contributed by atoms with Crippen molar-refractivity contribution in [1.82, 2.24) is 0 Å². The van der Waals surface area contributed by atoms with Crippen LogP contribution in [0.1, 0.15) is 22.2 Å². The fourth-order valence-corrected chi connectivity index (χ4v) is 3.13. The maximum atomic E-state index is 11.6. The second kappa shape index (κ2) is 5.47. The van der Waals surface area contributed by atoms with Gasteiger partial charge in [0.25, 0.3) is 0 Å². The number of esters is 1. The van der Waals surface area contributed by atoms with E-state index in [4.69, 9.17) is 10.5 Å². The Kier molecular flexibility index (Phi) is 3.93. The van der Waals surface area contributed by atoms with Crippen LogP contribution in [0.25, 0.3) is 0 Å². The van der Waals surface area contributed by atoms with Crippen molar-refractivity contribution >= 4 is 28.0 Å². The van der Waals surface area contributed by atoms with E-state index < -0.39 is 5.97 Å². The predicted molar refractivity (Wildman–Crippen MR) is 72.4 cm³/mol. The van der Waals surface area contributed by atoms with Gasteiger partial charge in [0.05, 0.1) is 25.5 Å². The van der Waals surface area contributed by atoms with Gasteiger partial charge in [-0.2, -0.15) is 5.26 Å². The van der Waals surface area contributed by atoms with Gasteiger partial charge < -0.3 is 20.1 Å². The highest BCUT2D eigenvalue weighted by molar-refractivity contribution is 7.18. The quantitative estimate of drug-likeness (QED) is 0.820. The standard InChI is InChI=1S/C12H15N3O3S/c1-7-6-15(3-4-18-7)11-8(5-13)9(14)10(19-11)12(16)17-2/h7H,3-4,6,14H2,1-2H3. The smallest absolute Gasteiger partial charge is 0.350 e. The van der Waals surface area contributed by atoms with Crippen LogP contribution in [0, 0.1) is 11.3 Å². The van der Waals surface area contributed by atoms with Crippen molar-refractivity contribution in [2.45, 2.75) is 13.0 Å². The van der Waals surface area contributed by atoms with Crippen molar-refractivity contribution in [1.29, 1.82) is 5.26 Å². The van der Waals surface area contributed by atoms with Crippen molar-refractivity contribution in [3.8, 4) is 6.07 Å². The molecule has 2 heterocycles. The molecule has 0 amide bonds. The summed E-state index contributed by atoms with van der Waals surface area (Å²) in [6, 6.07) is 2.07. The van der Waals surface area contributed by atoms with E-state index in [0.29, 0.717) is 25.3 Å². The molecule has 1 aliphatic heterocycles. The van der Waals surface area contributed by atoms with E-state index in [9.17, 15) is 10.1 Å². The van der Waals surface area contributed by atoms with Gasteiger partial charge in [0.1, 0.15) is 21.5 Å². The van der Waals surface area contributed by atoms with Gasteiger partial charge in [0.2, 0.25) is 0 Å². The number of morpholine rings is 1. The second-order valence-electron chi connectivity index (χ2n) is 4.26. The molecule has 7 heteroatoms. The van der Waals surface area contributed by atoms with E-state index in [1.807, 2.05) is 11.8 Å². The van der Waals surface area contributed by atoms with Gasteiger partial charge in [-0.3, -0.25) is 0 Å². The van der Waals surface area contributed by atoms with Gasteiger partial charge >= 0.3 is 5.97 Å². The molecule has 2 rings (SSSR count). The van der Waals surface area contributed by atoms with Crippen LogP contribution in [-0.2, 0) is 9.47 Å². The molecule has 2 N–H and O–H groups in total. The normalized spacial score (nSPS) is 19.0. The number of hydrogen-bond acceptors (Lipinski definition) is 7. The Hall–Kier alpha value is -1.78. The number of nitrogens with two attached hydrogens (primary N) is 1. The maximum absolute atomic E-state index is 11.6. The minimum Gasteiger partial charge on any atom is -0.465 e. The number of hydrogen-bond donors (Lipinski definition) is 1. The zero-order chi connectivity index (χ0) is 14.0. The van der Waals surface area contributed by atoms with Crippen LogP contribution in [0.2, 0.25) is 0 Å². The lowest BCUT2D eigenvalue weighted by Gasteiger charge is -2.31. The fraction of sp³-hybridized carbons (Fsp3) is 0.500. The number of rotatable bonds is 2. The third kappa shape index (κ3) is 2.50. The zero-order valence-corrected chi connectivity index (χ0v) is 11.6. The molecule has 0 saturated carbocycles. The summed E-state index contributed by atoms with van der Waals surface area (Å²) in [6.07, 6.45) is 0.0881. The van der Waals surface area contributed by atoms with Crippen molar-refractivity contribution in [2.75, 3.05) is 37.4 Å². The van der Waals surface area contributed by atoms with E-state index >= 15 is 0 Å². The van der Waals surface area contributed by atoms with Crippen LogP contribution in [0.3, 0.4) is 0 Å². The van der Waals surface area contributed by atoms with Crippen LogP contribution in [0.5, 0.6) is 0 Å². The number of nitrogen functional groups attached to an aromatic ring is 1. The summed E-state index contributed by atoms with van der Waals surface area (Å²) in [5.41, 5.74) is 6.41. The molecule has 1 unspecified atom stereocenters. The summed E-state index contributed by atoms with van der Waals surface area (Å²) in [6.45, 7) is 3.92. The first-order chi connectivity index (χ1) is 9.08. The van der Waals surface area contributed by atoms with E-state index in [0.717, 1.165) is 5.00 Å². The first kappa shape index (κ1) is 13.6. The van der Waals surface area contributed by atoms with E-state index in [1.54, 1.807) is 0 Å². The van der Waals surface area contributed by atoms with Crippen LogP contribution < -0.4 is 10.6 Å². The first-order valence-corrected chi connectivity index (χ1v) is 6.67. The number of thiophene rings is 1. The third-order valence-corrected chi connectivity index (χ3v) is 4.18. The molecule has 0 aliphatic carbocycles. The van der Waals surface area contributed by atoms with Crippen LogP contribution in [0.4, 0.5) is 10.7 Å². The summed E-state index contributed by atoms with van der Waals surface area (Å²) in [5, 5.41) is 9.95. The summed E-state index contributed by atoms with van der Waals surface area (Å²) in [4.78, 5) is 13.9. The van der Waals surface area contributed by atoms with E-state index in [-0.39, 0.29) is 16.7 Å². The molecule has 0 spiro atoms. The lowest BCUT2D eigenvalue weighted by molar-refractivity contribution is 0.0534. The van der Waals surface area contributed by atoms with Gasteiger partial charge in [-0.25, -0.2) is 4.79 Å². The van der Waals surface area contributed by atoms with Crippen molar-refractivity contribution in [3.63, 3.8) is 0 Å². The zero-order valence-electron chi connectivity index (χ0n) is 10.8. The monoisotopic (exact) mass is 281 g/mol. The molecule has 1 aromatic heterocycles. The molecule has 0 aromatic carbocycles. The highest BCUT2D eigenvalue weighted by atomic mass is 32.1. The van der Waals surface area contributed by atoms with Crippen LogP contribution >= 0.6 is 11.3 Å². The number of carbonyl (C=O) groups excluding carboxylic acids is 1. The highest BCUT2D eigenvalue weighted by Gasteiger charge is 2.27. The van der Waals surface area contributed by atoms with Gasteiger partial charge in [-0.05, 0) is 6.92 Å². The summed E-state index contributed by atoms with van der Waals surface area (Å²) >= 11 is 1.20. The molecule has 1 saturated heterocycles. The van der Waals surface area contributed by atoms with E-state index in [1.165, 1.54) is 18.4 Å². The summed E-state index contributed by atoms with van der Waals surface area (Å²) in [7, 11) is 1.30. The average Bonchev–Trinajstić information content (AvgIpc) is 2.75. The lowest BCUT2D eigenvalue weighted by Crippen LogP contribution is -2.41. The Bertz CT molecular complexity index is 535. The molecule has 1 fully saturated rings. The topological polar surface area (TPSA) is 88.6 Å². The number of nitrogens with zero attached hydrogens (tertiary/aromatic N) is 2. The van der Waals surface area contributed by atoms with Crippen molar-refractivity contribution in [3.05, 3.63) is 10.4 Å². The molecule has 0 bridgehead atoms. The van der Waals surface area contributed by atoms with Gasteiger partial charge in [0, 0.05) is 13.1 Å². The molecule has 6 nitrogen and oxygen atoms in total. The minimum atomic E-state index is -0.508. The Morgan fingerprint density at radius 1 is 1.68 bits per heavy atom. The van der Waals surface area contributed by atoms with Crippen LogP contribution in [0.15, 0.2) is 0 Å². The van der Waals surface area contributed by atoms with Crippen molar-refractivity contribution in [2.24, 2.45) is 0 Å². The Balaban J connectivity index is 2.40. The number of anilines is 2. The van der Waals surface area contributed by atoms with Crippen molar-refractivity contribution < 1.29 is 14.3 Å². The fourth-order valence-electron chi connectivity index (χ4n) is 2.01. The molecule has 1 aromatic rings. The van der Waals surface area contributed by atoms with Crippen LogP contribution in [-0.4, -0.2) is 38.9 Å². The Labute approximate surface area is 115 Å². The molecular formula is C12H15N3O3S. The predicted octanol–water partition coefficient (Wildman–Crippen LogP) is 1.21. The van der Waals surface area contributed by atoms with Gasteiger partial charge in [-0.1, -0.05) is 0 Å². The molecule has 19 heavy (non-hydrogen) atoms. The lowest BCUT2D eigenvalue weighted by atomic mass is 10.2. The van der Waals surface area contributed by atoms with E-state index in [2.05, 4.69) is 10.8 Å². The molecule has 0 radical (unpaired) electrons. The molecule has 102 valence electrons. The average molecular weight is 281 g/mol. The maximum Gasteiger partial charge on any atom is 0.350 e. The summed E-state index contributed by atoms with van der Waals surface area (Å²) in [5.74, 6) is -0.508. The number of carbonyl (C=O) groups is 1. The largest absolute Gasteiger partial charge is 0.465 e. The number of methoxy groups -OCH3 is 1. The van der Waals surface area contributed by atoms with Gasteiger partial charge in [0.15, 0.2) is 0 Å². The third-order valence-electron chi connectivity index (χ3n) is 2.94. The summed E-state index contributed by atoms with van der Waals surface area (Å²) < 4.78 is 10.1. The second-order valence-corrected chi connectivity index (χ2v) is 5.25. The van der Waals surface area contributed by atoms with Gasteiger partial charge in [-0.15, -0.1) is 11.3 Å².